The zero-order valence-corrected chi connectivity index (χ0v) is 14.8. The Balaban J connectivity index is 1.66. The van der Waals surface area contributed by atoms with Gasteiger partial charge in [0.25, 0.3) is 0 Å². The molecular weight excluding hydrogens is 332 g/mol. The van der Waals surface area contributed by atoms with Crippen molar-refractivity contribution in [1.82, 2.24) is 4.98 Å². The molecule has 6 heteroatoms. The van der Waals surface area contributed by atoms with Crippen LogP contribution in [0.1, 0.15) is 18.1 Å². The third kappa shape index (κ3) is 4.51. The Morgan fingerprint density at radius 1 is 1.16 bits per heavy atom. The highest BCUT2D eigenvalue weighted by molar-refractivity contribution is 7.14. The van der Waals surface area contributed by atoms with Gasteiger partial charge in [0, 0.05) is 23.6 Å². The number of thiazole rings is 1. The molecule has 0 bridgehead atoms. The third-order valence-electron chi connectivity index (χ3n) is 3.56. The highest BCUT2D eigenvalue weighted by Crippen LogP contribution is 2.26. The Morgan fingerprint density at radius 2 is 1.92 bits per heavy atom. The zero-order valence-electron chi connectivity index (χ0n) is 14.0. The van der Waals surface area contributed by atoms with Gasteiger partial charge in [-0.05, 0) is 30.2 Å². The SMILES string of the molecule is CC(=O)Nc1ccc(-c2csc(N/N=C\c3ccccc3C)n2)cc1. The smallest absolute Gasteiger partial charge is 0.221 e. The predicted molar refractivity (Wildman–Crippen MR) is 104 cm³/mol. The highest BCUT2D eigenvalue weighted by Gasteiger charge is 2.04. The van der Waals surface area contributed by atoms with Gasteiger partial charge in [0.2, 0.25) is 11.0 Å². The van der Waals surface area contributed by atoms with Gasteiger partial charge in [-0.2, -0.15) is 5.10 Å². The number of nitrogens with one attached hydrogen (secondary N) is 2. The first-order valence-corrected chi connectivity index (χ1v) is 8.68. The summed E-state index contributed by atoms with van der Waals surface area (Å²) in [6.07, 6.45) is 1.79. The van der Waals surface area contributed by atoms with E-state index < -0.39 is 0 Å². The van der Waals surface area contributed by atoms with Crippen molar-refractivity contribution in [2.24, 2.45) is 5.10 Å². The number of nitrogens with zero attached hydrogens (tertiary/aromatic N) is 2. The molecule has 126 valence electrons. The van der Waals surface area contributed by atoms with Gasteiger partial charge in [0.15, 0.2) is 0 Å². The van der Waals surface area contributed by atoms with Crippen LogP contribution in [-0.4, -0.2) is 17.1 Å². The average Bonchev–Trinajstić information content (AvgIpc) is 3.06. The van der Waals surface area contributed by atoms with Crippen LogP contribution in [-0.2, 0) is 4.79 Å². The first kappa shape index (κ1) is 16.9. The number of rotatable bonds is 5. The van der Waals surface area contributed by atoms with Gasteiger partial charge in [-0.25, -0.2) is 4.98 Å². The van der Waals surface area contributed by atoms with Gasteiger partial charge in [0.1, 0.15) is 0 Å². The van der Waals surface area contributed by atoms with E-state index in [-0.39, 0.29) is 5.91 Å². The molecule has 0 atom stereocenters. The summed E-state index contributed by atoms with van der Waals surface area (Å²) in [5.41, 5.74) is 7.84. The second-order valence-corrected chi connectivity index (χ2v) is 6.38. The van der Waals surface area contributed by atoms with Gasteiger partial charge < -0.3 is 5.32 Å². The van der Waals surface area contributed by atoms with E-state index in [1.54, 1.807) is 6.21 Å². The van der Waals surface area contributed by atoms with Crippen LogP contribution in [0, 0.1) is 6.92 Å². The van der Waals surface area contributed by atoms with Gasteiger partial charge in [-0.3, -0.25) is 10.2 Å². The lowest BCUT2D eigenvalue weighted by atomic mass is 10.1. The van der Waals surface area contributed by atoms with Crippen LogP contribution >= 0.6 is 11.3 Å². The lowest BCUT2D eigenvalue weighted by molar-refractivity contribution is -0.114. The molecule has 0 aliphatic carbocycles. The average molecular weight is 350 g/mol. The molecule has 0 aliphatic rings. The van der Waals surface area contributed by atoms with Crippen molar-refractivity contribution in [2.45, 2.75) is 13.8 Å². The fourth-order valence-corrected chi connectivity index (χ4v) is 2.94. The summed E-state index contributed by atoms with van der Waals surface area (Å²) < 4.78 is 0. The number of aryl methyl sites for hydroxylation is 1. The van der Waals surface area contributed by atoms with Gasteiger partial charge >= 0.3 is 0 Å². The van der Waals surface area contributed by atoms with E-state index in [2.05, 4.69) is 20.8 Å². The van der Waals surface area contributed by atoms with E-state index in [1.165, 1.54) is 23.8 Å². The molecule has 0 saturated carbocycles. The lowest BCUT2D eigenvalue weighted by Gasteiger charge is -2.02. The molecule has 5 nitrogen and oxygen atoms in total. The van der Waals surface area contributed by atoms with Crippen molar-refractivity contribution in [2.75, 3.05) is 10.7 Å². The second kappa shape index (κ2) is 7.72. The number of aromatic nitrogens is 1. The number of hydrogen-bond donors (Lipinski definition) is 2. The summed E-state index contributed by atoms with van der Waals surface area (Å²) >= 11 is 1.49. The minimum atomic E-state index is -0.0839. The maximum absolute atomic E-state index is 11.1. The summed E-state index contributed by atoms with van der Waals surface area (Å²) in [4.78, 5) is 15.6. The lowest BCUT2D eigenvalue weighted by Crippen LogP contribution is -2.05. The summed E-state index contributed by atoms with van der Waals surface area (Å²) in [7, 11) is 0. The maximum atomic E-state index is 11.1. The minimum Gasteiger partial charge on any atom is -0.326 e. The first-order chi connectivity index (χ1) is 12.1. The maximum Gasteiger partial charge on any atom is 0.221 e. The van der Waals surface area contributed by atoms with Crippen molar-refractivity contribution < 1.29 is 4.79 Å². The molecule has 0 fully saturated rings. The van der Waals surface area contributed by atoms with Crippen LogP contribution in [0.15, 0.2) is 59.0 Å². The number of benzene rings is 2. The van der Waals surface area contributed by atoms with Crippen molar-refractivity contribution in [3.8, 4) is 11.3 Å². The van der Waals surface area contributed by atoms with Gasteiger partial charge in [-0.15, -0.1) is 11.3 Å². The zero-order chi connectivity index (χ0) is 17.6. The molecule has 0 aliphatic heterocycles. The Morgan fingerprint density at radius 3 is 2.64 bits per heavy atom. The topological polar surface area (TPSA) is 66.4 Å². The quantitative estimate of drug-likeness (QED) is 0.525. The van der Waals surface area contributed by atoms with Crippen LogP contribution < -0.4 is 10.7 Å². The summed E-state index contributed by atoms with van der Waals surface area (Å²) in [6, 6.07) is 15.6. The number of anilines is 2. The largest absolute Gasteiger partial charge is 0.326 e. The van der Waals surface area contributed by atoms with Crippen LogP contribution in [0.5, 0.6) is 0 Å². The number of amides is 1. The van der Waals surface area contributed by atoms with Crippen LogP contribution in [0.4, 0.5) is 10.8 Å². The van der Waals surface area contributed by atoms with Crippen molar-refractivity contribution in [1.29, 1.82) is 0 Å². The Labute approximate surface area is 150 Å². The van der Waals surface area contributed by atoms with Crippen molar-refractivity contribution in [3.63, 3.8) is 0 Å². The van der Waals surface area contributed by atoms with Crippen LogP contribution in [0.2, 0.25) is 0 Å². The molecule has 0 radical (unpaired) electrons. The van der Waals surface area contributed by atoms with E-state index >= 15 is 0 Å². The Hall–Kier alpha value is -2.99. The van der Waals surface area contributed by atoms with E-state index in [4.69, 9.17) is 0 Å². The summed E-state index contributed by atoms with van der Waals surface area (Å²) in [6.45, 7) is 3.54. The standard InChI is InChI=1S/C19H18N4OS/c1-13-5-3-4-6-16(13)11-20-23-19-22-18(12-25-19)15-7-9-17(10-8-15)21-14(2)24/h3-12H,1-2H3,(H,21,24)(H,22,23)/b20-11-. The van der Waals surface area contributed by atoms with Crippen molar-refractivity contribution in [3.05, 3.63) is 65.0 Å². The number of hydrogen-bond acceptors (Lipinski definition) is 5. The molecule has 0 unspecified atom stereocenters. The van der Waals surface area contributed by atoms with Gasteiger partial charge in [-0.1, -0.05) is 36.4 Å². The Bertz CT molecular complexity index is 900. The second-order valence-electron chi connectivity index (χ2n) is 5.52. The highest BCUT2D eigenvalue weighted by atomic mass is 32.1. The molecular formula is C19H18N4OS. The molecule has 1 amide bonds. The number of hydrazone groups is 1. The normalized spacial score (nSPS) is 10.8. The molecule has 25 heavy (non-hydrogen) atoms. The molecule has 3 aromatic rings. The van der Waals surface area contributed by atoms with E-state index in [0.717, 1.165) is 27.6 Å². The van der Waals surface area contributed by atoms with E-state index in [9.17, 15) is 4.79 Å². The van der Waals surface area contributed by atoms with E-state index in [1.807, 2.05) is 60.8 Å². The molecule has 0 saturated heterocycles. The molecule has 2 N–H and O–H groups in total. The van der Waals surface area contributed by atoms with Gasteiger partial charge in [0.05, 0.1) is 11.9 Å². The third-order valence-corrected chi connectivity index (χ3v) is 4.30. The van der Waals surface area contributed by atoms with Crippen molar-refractivity contribution >= 4 is 34.3 Å². The molecule has 1 aromatic heterocycles. The minimum absolute atomic E-state index is 0.0839. The fourth-order valence-electron chi connectivity index (χ4n) is 2.27. The molecule has 3 rings (SSSR count). The summed E-state index contributed by atoms with van der Waals surface area (Å²) in [5.74, 6) is -0.0839. The van der Waals surface area contributed by atoms with Crippen LogP contribution in [0.3, 0.4) is 0 Å². The molecule has 1 heterocycles. The predicted octanol–water partition coefficient (Wildman–Crippen LogP) is 4.52. The first-order valence-electron chi connectivity index (χ1n) is 7.80. The number of carbonyl (C=O) groups excluding carboxylic acids is 1. The molecule has 0 spiro atoms. The molecule has 2 aromatic carbocycles. The monoisotopic (exact) mass is 350 g/mol. The fraction of sp³-hybridized carbons (Fsp3) is 0.105. The Kier molecular flexibility index (Phi) is 5.20. The van der Waals surface area contributed by atoms with Crippen LogP contribution in [0.25, 0.3) is 11.3 Å². The number of carbonyl (C=O) groups is 1. The van der Waals surface area contributed by atoms with E-state index in [0.29, 0.717) is 0 Å². The summed E-state index contributed by atoms with van der Waals surface area (Å²) in [5, 5.41) is 9.70.